The van der Waals surface area contributed by atoms with Gasteiger partial charge in [0.1, 0.15) is 5.52 Å². The van der Waals surface area contributed by atoms with Crippen LogP contribution in [0.1, 0.15) is 35.6 Å². The molecule has 1 saturated heterocycles. The number of aromatic nitrogens is 4. The first-order valence-corrected chi connectivity index (χ1v) is 9.09. The van der Waals surface area contributed by atoms with Crippen LogP contribution in [0.4, 0.5) is 0 Å². The summed E-state index contributed by atoms with van der Waals surface area (Å²) >= 11 is 0. The minimum atomic E-state index is 0.187. The van der Waals surface area contributed by atoms with Gasteiger partial charge >= 0.3 is 0 Å². The van der Waals surface area contributed by atoms with Gasteiger partial charge < -0.3 is 4.90 Å². The van der Waals surface area contributed by atoms with E-state index in [0.29, 0.717) is 13.0 Å². The average molecular weight is 349 g/mol. The molecule has 2 aromatic heterocycles. The molecule has 1 atom stereocenters. The number of rotatable bonds is 3. The predicted octanol–water partition coefficient (Wildman–Crippen LogP) is 2.62. The first-order valence-electron chi connectivity index (χ1n) is 9.09. The number of nitrogens with zero attached hydrogens (tertiary/aromatic N) is 5. The van der Waals surface area contributed by atoms with E-state index in [4.69, 9.17) is 0 Å². The molecule has 26 heavy (non-hydrogen) atoms. The van der Waals surface area contributed by atoms with Crippen LogP contribution >= 0.6 is 0 Å². The number of fused-ring (bicyclic) bond motifs is 1. The third-order valence-electron chi connectivity index (χ3n) is 5.08. The van der Waals surface area contributed by atoms with Crippen molar-refractivity contribution in [3.8, 4) is 0 Å². The van der Waals surface area contributed by atoms with E-state index < -0.39 is 0 Å². The molecule has 1 fully saturated rings. The van der Waals surface area contributed by atoms with Gasteiger partial charge in [-0.25, -0.2) is 14.6 Å². The standard InChI is InChI=1S/C20H23N5O/c1-14-5-3-6-15(11-14)12-17(26)25-10-4-7-16(13-25)18-19-20(24(2)23-18)22-9-8-21-19/h3,5-6,8-9,11,16H,4,7,10,12-13H2,1-2H3/t16-/m0/s1. The molecule has 0 radical (unpaired) electrons. The Bertz CT molecular complexity index is 948. The summed E-state index contributed by atoms with van der Waals surface area (Å²) < 4.78 is 1.78. The Morgan fingerprint density at radius 1 is 1.27 bits per heavy atom. The van der Waals surface area contributed by atoms with Gasteiger partial charge in [0.25, 0.3) is 0 Å². The highest BCUT2D eigenvalue weighted by molar-refractivity contribution is 5.79. The molecule has 1 aliphatic heterocycles. The van der Waals surface area contributed by atoms with Crippen molar-refractivity contribution in [3.05, 3.63) is 53.5 Å². The van der Waals surface area contributed by atoms with E-state index in [1.165, 1.54) is 5.56 Å². The number of carbonyl (C=O) groups is 1. The summed E-state index contributed by atoms with van der Waals surface area (Å²) in [7, 11) is 1.89. The van der Waals surface area contributed by atoms with Crippen molar-refractivity contribution < 1.29 is 4.79 Å². The van der Waals surface area contributed by atoms with Crippen LogP contribution in [0.25, 0.3) is 11.2 Å². The summed E-state index contributed by atoms with van der Waals surface area (Å²) in [5, 5.41) is 4.66. The van der Waals surface area contributed by atoms with Crippen LogP contribution in [0.5, 0.6) is 0 Å². The van der Waals surface area contributed by atoms with Crippen molar-refractivity contribution in [1.29, 1.82) is 0 Å². The van der Waals surface area contributed by atoms with E-state index in [1.54, 1.807) is 17.1 Å². The Morgan fingerprint density at radius 2 is 2.12 bits per heavy atom. The van der Waals surface area contributed by atoms with E-state index >= 15 is 0 Å². The highest BCUT2D eigenvalue weighted by atomic mass is 16.2. The molecule has 3 heterocycles. The van der Waals surface area contributed by atoms with Gasteiger partial charge in [0, 0.05) is 38.4 Å². The van der Waals surface area contributed by atoms with E-state index in [0.717, 1.165) is 41.8 Å². The van der Waals surface area contributed by atoms with Gasteiger partial charge in [-0.3, -0.25) is 4.79 Å². The number of hydrogen-bond donors (Lipinski definition) is 0. The molecule has 1 amide bonds. The topological polar surface area (TPSA) is 63.9 Å². The molecule has 0 N–H and O–H groups in total. The minimum Gasteiger partial charge on any atom is -0.342 e. The third kappa shape index (κ3) is 3.19. The van der Waals surface area contributed by atoms with Gasteiger partial charge in [-0.05, 0) is 25.3 Å². The van der Waals surface area contributed by atoms with E-state index in [1.807, 2.05) is 24.1 Å². The molecule has 3 aromatic rings. The summed E-state index contributed by atoms with van der Waals surface area (Å²) in [6.45, 7) is 3.57. The highest BCUT2D eigenvalue weighted by Crippen LogP contribution is 2.30. The highest BCUT2D eigenvalue weighted by Gasteiger charge is 2.28. The maximum atomic E-state index is 12.8. The van der Waals surface area contributed by atoms with Crippen molar-refractivity contribution in [1.82, 2.24) is 24.6 Å². The normalized spacial score (nSPS) is 17.6. The smallest absolute Gasteiger partial charge is 0.227 e. The van der Waals surface area contributed by atoms with Gasteiger partial charge in [-0.15, -0.1) is 0 Å². The fourth-order valence-electron chi connectivity index (χ4n) is 3.81. The van der Waals surface area contributed by atoms with Crippen LogP contribution in [0.2, 0.25) is 0 Å². The molecule has 6 nitrogen and oxygen atoms in total. The Kier molecular flexibility index (Phi) is 4.41. The van der Waals surface area contributed by atoms with Gasteiger partial charge in [-0.2, -0.15) is 5.10 Å². The van der Waals surface area contributed by atoms with E-state index in [9.17, 15) is 4.79 Å². The zero-order chi connectivity index (χ0) is 18.1. The van der Waals surface area contributed by atoms with Crippen molar-refractivity contribution in [2.45, 2.75) is 32.1 Å². The molecule has 0 spiro atoms. The Hall–Kier alpha value is -2.76. The lowest BCUT2D eigenvalue weighted by molar-refractivity contribution is -0.131. The van der Waals surface area contributed by atoms with Gasteiger partial charge in [0.15, 0.2) is 5.65 Å². The molecule has 0 bridgehead atoms. The van der Waals surface area contributed by atoms with Crippen molar-refractivity contribution in [2.75, 3.05) is 13.1 Å². The van der Waals surface area contributed by atoms with Gasteiger partial charge in [-0.1, -0.05) is 29.8 Å². The number of hydrogen-bond acceptors (Lipinski definition) is 4. The quantitative estimate of drug-likeness (QED) is 0.729. The van der Waals surface area contributed by atoms with Crippen LogP contribution < -0.4 is 0 Å². The molecule has 4 rings (SSSR count). The van der Waals surface area contributed by atoms with Gasteiger partial charge in [0.2, 0.25) is 5.91 Å². The zero-order valence-electron chi connectivity index (χ0n) is 15.2. The predicted molar refractivity (Wildman–Crippen MR) is 99.7 cm³/mol. The first-order chi connectivity index (χ1) is 12.6. The lowest BCUT2D eigenvalue weighted by Gasteiger charge is -2.32. The second kappa shape index (κ2) is 6.86. The maximum Gasteiger partial charge on any atom is 0.227 e. The summed E-state index contributed by atoms with van der Waals surface area (Å²) in [5.41, 5.74) is 4.87. The molecule has 6 heteroatoms. The molecular weight excluding hydrogens is 326 g/mol. The number of piperidine rings is 1. The molecular formula is C20H23N5O. The summed E-state index contributed by atoms with van der Waals surface area (Å²) in [6, 6.07) is 8.17. The molecule has 134 valence electrons. The van der Waals surface area contributed by atoms with Crippen molar-refractivity contribution in [3.63, 3.8) is 0 Å². The van der Waals surface area contributed by atoms with Crippen LogP contribution in [0.3, 0.4) is 0 Å². The number of amides is 1. The number of likely N-dealkylation sites (tertiary alicyclic amines) is 1. The maximum absolute atomic E-state index is 12.8. The summed E-state index contributed by atoms with van der Waals surface area (Å²) in [5.74, 6) is 0.400. The van der Waals surface area contributed by atoms with E-state index in [-0.39, 0.29) is 11.8 Å². The summed E-state index contributed by atoms with van der Waals surface area (Å²) in [4.78, 5) is 23.6. The first kappa shape index (κ1) is 16.7. The summed E-state index contributed by atoms with van der Waals surface area (Å²) in [6.07, 6.45) is 5.86. The lowest BCUT2D eigenvalue weighted by atomic mass is 9.94. The number of benzene rings is 1. The Morgan fingerprint density at radius 3 is 2.96 bits per heavy atom. The minimum absolute atomic E-state index is 0.187. The Balaban J connectivity index is 1.53. The van der Waals surface area contributed by atoms with Crippen LogP contribution in [0.15, 0.2) is 36.7 Å². The van der Waals surface area contributed by atoms with E-state index in [2.05, 4.69) is 34.1 Å². The van der Waals surface area contributed by atoms with Crippen LogP contribution in [0, 0.1) is 6.92 Å². The molecule has 1 aliphatic rings. The Labute approximate surface area is 152 Å². The fourth-order valence-corrected chi connectivity index (χ4v) is 3.81. The van der Waals surface area contributed by atoms with Crippen molar-refractivity contribution in [2.24, 2.45) is 7.05 Å². The SMILES string of the molecule is Cc1cccc(CC(=O)N2CCC[C@H](c3nn(C)c4nccnc34)C2)c1. The average Bonchev–Trinajstić information content (AvgIpc) is 2.99. The lowest BCUT2D eigenvalue weighted by Crippen LogP contribution is -2.40. The molecule has 0 saturated carbocycles. The largest absolute Gasteiger partial charge is 0.342 e. The van der Waals surface area contributed by atoms with Crippen LogP contribution in [-0.4, -0.2) is 43.6 Å². The number of carbonyl (C=O) groups excluding carboxylic acids is 1. The van der Waals surface area contributed by atoms with Gasteiger partial charge in [0.05, 0.1) is 12.1 Å². The third-order valence-corrected chi connectivity index (χ3v) is 5.08. The second-order valence-corrected chi connectivity index (χ2v) is 7.08. The molecule has 0 aliphatic carbocycles. The molecule has 1 aromatic carbocycles. The second-order valence-electron chi connectivity index (χ2n) is 7.08. The molecule has 0 unspecified atom stereocenters. The monoisotopic (exact) mass is 349 g/mol. The number of aryl methyl sites for hydroxylation is 2. The van der Waals surface area contributed by atoms with Crippen LogP contribution in [-0.2, 0) is 18.3 Å². The van der Waals surface area contributed by atoms with Crippen molar-refractivity contribution >= 4 is 17.1 Å². The zero-order valence-corrected chi connectivity index (χ0v) is 15.2. The fraction of sp³-hybridized carbons (Fsp3) is 0.400.